The minimum absolute atomic E-state index is 0.0901. The van der Waals surface area contributed by atoms with Crippen molar-refractivity contribution in [1.82, 2.24) is 0 Å². The largest absolute Gasteiger partial charge is 0.465 e. The van der Waals surface area contributed by atoms with Gasteiger partial charge in [0.25, 0.3) is 10.0 Å². The molecule has 1 N–H and O–H groups in total. The highest BCUT2D eigenvalue weighted by molar-refractivity contribution is 7.92. The van der Waals surface area contributed by atoms with Crippen LogP contribution in [0.4, 0.5) is 10.7 Å². The number of esters is 1. The molecule has 0 aliphatic heterocycles. The third-order valence-corrected chi connectivity index (χ3v) is 8.67. The highest BCUT2D eigenvalue weighted by Gasteiger charge is 2.31. The van der Waals surface area contributed by atoms with Crippen molar-refractivity contribution < 1.29 is 22.7 Å². The van der Waals surface area contributed by atoms with E-state index in [4.69, 9.17) is 4.74 Å². The lowest BCUT2D eigenvalue weighted by Crippen LogP contribution is -2.38. The van der Waals surface area contributed by atoms with Crippen molar-refractivity contribution >= 4 is 43.9 Å². The molecule has 0 saturated carbocycles. The summed E-state index contributed by atoms with van der Waals surface area (Å²) in [6.07, 6.45) is 2.55. The summed E-state index contributed by atoms with van der Waals surface area (Å²) in [6.45, 7) is 3.31. The van der Waals surface area contributed by atoms with Gasteiger partial charge in [-0.15, -0.1) is 11.3 Å². The van der Waals surface area contributed by atoms with Crippen LogP contribution in [0.2, 0.25) is 0 Å². The van der Waals surface area contributed by atoms with Crippen LogP contribution in [0.15, 0.2) is 53.4 Å². The molecule has 1 amide bonds. The lowest BCUT2D eigenvalue weighted by Gasteiger charge is -2.25. The molecule has 0 spiro atoms. The maximum absolute atomic E-state index is 13.6. The fourth-order valence-corrected chi connectivity index (χ4v) is 6.96. The Hall–Kier alpha value is -3.17. The van der Waals surface area contributed by atoms with E-state index in [-0.39, 0.29) is 4.90 Å². The quantitative estimate of drug-likeness (QED) is 0.485. The molecule has 1 aliphatic rings. The second kappa shape index (κ2) is 9.60. The molecule has 1 heterocycles. The van der Waals surface area contributed by atoms with Gasteiger partial charge >= 0.3 is 5.97 Å². The summed E-state index contributed by atoms with van der Waals surface area (Å²) in [5, 5.41) is 3.18. The molecule has 0 unspecified atom stereocenters. The van der Waals surface area contributed by atoms with Crippen LogP contribution in [0.5, 0.6) is 0 Å². The van der Waals surface area contributed by atoms with Crippen molar-refractivity contribution in [3.8, 4) is 0 Å². The zero-order chi connectivity index (χ0) is 24.5. The summed E-state index contributed by atoms with van der Waals surface area (Å²) >= 11 is 1.35. The Morgan fingerprint density at radius 3 is 2.38 bits per heavy atom. The van der Waals surface area contributed by atoms with Crippen LogP contribution in [0.3, 0.4) is 0 Å². The number of anilines is 2. The van der Waals surface area contributed by atoms with Crippen LogP contribution in [0.1, 0.15) is 38.3 Å². The first-order chi connectivity index (χ1) is 16.2. The van der Waals surface area contributed by atoms with Crippen molar-refractivity contribution in [3.63, 3.8) is 0 Å². The summed E-state index contributed by atoms with van der Waals surface area (Å²) in [7, 11) is -2.71. The molecule has 178 valence electrons. The summed E-state index contributed by atoms with van der Waals surface area (Å²) in [6, 6.07) is 13.4. The number of ether oxygens (including phenoxy) is 1. The van der Waals surface area contributed by atoms with Gasteiger partial charge in [-0.05, 0) is 74.1 Å². The van der Waals surface area contributed by atoms with E-state index in [0.29, 0.717) is 16.3 Å². The number of methoxy groups -OCH3 is 1. The molecule has 0 bridgehead atoms. The van der Waals surface area contributed by atoms with Gasteiger partial charge in [0.05, 0.1) is 23.3 Å². The number of sulfonamides is 1. The lowest BCUT2D eigenvalue weighted by molar-refractivity contribution is -0.114. The highest BCUT2D eigenvalue weighted by atomic mass is 32.2. The molecule has 2 aromatic carbocycles. The van der Waals surface area contributed by atoms with E-state index in [9.17, 15) is 18.0 Å². The lowest BCUT2D eigenvalue weighted by atomic mass is 10.1. The molecule has 0 radical (unpaired) electrons. The monoisotopic (exact) mass is 498 g/mol. The van der Waals surface area contributed by atoms with Crippen molar-refractivity contribution in [2.24, 2.45) is 0 Å². The second-order valence-electron chi connectivity index (χ2n) is 8.27. The number of nitrogens with one attached hydrogen (secondary N) is 1. The summed E-state index contributed by atoms with van der Waals surface area (Å²) in [5.41, 5.74) is 3.45. The van der Waals surface area contributed by atoms with Crippen molar-refractivity contribution in [2.75, 3.05) is 23.3 Å². The molecule has 1 aromatic heterocycles. The first kappa shape index (κ1) is 24.0. The van der Waals surface area contributed by atoms with E-state index in [2.05, 4.69) is 5.32 Å². The fraction of sp³-hybridized carbons (Fsp3) is 0.280. The number of nitrogens with zero attached hydrogens (tertiary/aromatic N) is 1. The normalized spacial score (nSPS) is 12.8. The van der Waals surface area contributed by atoms with Crippen molar-refractivity contribution in [1.29, 1.82) is 0 Å². The molecule has 3 aromatic rings. The number of hydrogen-bond acceptors (Lipinski definition) is 6. The van der Waals surface area contributed by atoms with Gasteiger partial charge in [0, 0.05) is 4.88 Å². The first-order valence-electron chi connectivity index (χ1n) is 10.9. The summed E-state index contributed by atoms with van der Waals surface area (Å²) in [4.78, 5) is 26.7. The van der Waals surface area contributed by atoms with Gasteiger partial charge in [0.2, 0.25) is 5.91 Å². The molecule has 4 rings (SSSR count). The van der Waals surface area contributed by atoms with Crippen LogP contribution in [0.25, 0.3) is 0 Å². The van der Waals surface area contributed by atoms with Gasteiger partial charge < -0.3 is 10.1 Å². The Morgan fingerprint density at radius 2 is 1.74 bits per heavy atom. The Morgan fingerprint density at radius 1 is 1.06 bits per heavy atom. The topological polar surface area (TPSA) is 92.8 Å². The minimum atomic E-state index is -4.02. The minimum Gasteiger partial charge on any atom is -0.465 e. The van der Waals surface area contributed by atoms with Gasteiger partial charge in [0.15, 0.2) is 0 Å². The number of benzene rings is 2. The van der Waals surface area contributed by atoms with E-state index in [0.717, 1.165) is 45.1 Å². The van der Waals surface area contributed by atoms with E-state index in [1.54, 1.807) is 30.3 Å². The third-order valence-electron chi connectivity index (χ3n) is 5.68. The molecule has 9 heteroatoms. The number of fused-ring (bicyclic) bond motifs is 1. The maximum atomic E-state index is 13.6. The number of rotatable bonds is 7. The number of carbonyl (C=O) groups is 2. The highest BCUT2D eigenvalue weighted by Crippen LogP contribution is 2.39. The molecular weight excluding hydrogens is 472 g/mol. The van der Waals surface area contributed by atoms with Gasteiger partial charge in [-0.1, -0.05) is 24.3 Å². The van der Waals surface area contributed by atoms with Crippen LogP contribution in [0, 0.1) is 13.8 Å². The number of carbonyl (C=O) groups excluding carboxylic acids is 2. The van der Waals surface area contributed by atoms with Crippen LogP contribution in [-0.4, -0.2) is 33.9 Å². The van der Waals surface area contributed by atoms with Gasteiger partial charge in [-0.3, -0.25) is 9.10 Å². The Balaban J connectivity index is 1.69. The molecule has 0 atom stereocenters. The van der Waals surface area contributed by atoms with Gasteiger partial charge in [0.1, 0.15) is 11.5 Å². The number of aryl methyl sites for hydroxylation is 3. The van der Waals surface area contributed by atoms with Crippen LogP contribution < -0.4 is 9.62 Å². The second-order valence-corrected chi connectivity index (χ2v) is 11.2. The van der Waals surface area contributed by atoms with Crippen LogP contribution >= 0.6 is 11.3 Å². The zero-order valence-corrected chi connectivity index (χ0v) is 20.9. The van der Waals surface area contributed by atoms with E-state index in [1.165, 1.54) is 30.6 Å². The molecule has 1 aliphatic carbocycles. The number of thiophene rings is 1. The zero-order valence-electron chi connectivity index (χ0n) is 19.3. The molecule has 34 heavy (non-hydrogen) atoms. The smallest absolute Gasteiger partial charge is 0.341 e. The van der Waals surface area contributed by atoms with E-state index in [1.807, 2.05) is 19.9 Å². The first-order valence-corrected chi connectivity index (χ1v) is 13.1. The van der Waals surface area contributed by atoms with Crippen molar-refractivity contribution in [3.05, 3.63) is 75.7 Å². The van der Waals surface area contributed by atoms with E-state index >= 15 is 0 Å². The summed E-state index contributed by atoms with van der Waals surface area (Å²) < 4.78 is 33.2. The van der Waals surface area contributed by atoms with Crippen molar-refractivity contribution in [2.45, 2.75) is 38.0 Å². The average molecular weight is 499 g/mol. The van der Waals surface area contributed by atoms with Gasteiger partial charge in [-0.2, -0.15) is 0 Å². The summed E-state index contributed by atoms with van der Waals surface area (Å²) in [5.74, 6) is -1.04. The third kappa shape index (κ3) is 4.71. The van der Waals surface area contributed by atoms with Gasteiger partial charge in [-0.25, -0.2) is 13.2 Å². The molecular formula is C25H26N2O5S2. The predicted molar refractivity (Wildman–Crippen MR) is 133 cm³/mol. The Bertz CT molecular complexity index is 1330. The predicted octanol–water partition coefficient (Wildman–Crippen LogP) is 4.47. The molecule has 0 saturated heterocycles. The average Bonchev–Trinajstić information content (AvgIpc) is 3.37. The number of hydrogen-bond donors (Lipinski definition) is 1. The molecule has 7 nitrogen and oxygen atoms in total. The maximum Gasteiger partial charge on any atom is 0.341 e. The molecule has 0 fully saturated rings. The Kier molecular flexibility index (Phi) is 6.77. The fourth-order valence-electron chi connectivity index (χ4n) is 4.24. The SMILES string of the molecule is COC(=O)c1c(NC(=O)CN(c2cc(C)cc(C)c2)S(=O)(=O)c2ccccc2)sc2c1CCC2. The number of amides is 1. The Labute approximate surface area is 203 Å². The standard InChI is InChI=1S/C25H26N2O5S2/c1-16-12-17(2)14-18(13-16)27(34(30,31)19-8-5-4-6-9-19)15-22(28)26-24-23(25(29)32-3)20-10-7-11-21(20)33-24/h4-6,8-9,12-14H,7,10-11,15H2,1-3H3,(H,26,28). The van der Waals surface area contributed by atoms with E-state index < -0.39 is 28.4 Å². The van der Waals surface area contributed by atoms with Crippen LogP contribution in [-0.2, 0) is 32.4 Å².